The van der Waals surface area contributed by atoms with E-state index in [1.165, 1.54) is 12.1 Å². The van der Waals surface area contributed by atoms with Gasteiger partial charge in [0.25, 0.3) is 0 Å². The molecule has 138 valence electrons. The number of hydrogen-bond acceptors (Lipinski definition) is 4. The summed E-state index contributed by atoms with van der Waals surface area (Å²) in [4.78, 5) is 19.1. The lowest BCUT2D eigenvalue weighted by molar-refractivity contribution is -0.133. The molecule has 6 nitrogen and oxygen atoms in total. The highest BCUT2D eigenvalue weighted by molar-refractivity contribution is 5.84. The summed E-state index contributed by atoms with van der Waals surface area (Å²) in [6.07, 6.45) is 3.94. The first-order chi connectivity index (χ1) is 13.2. The van der Waals surface area contributed by atoms with Crippen LogP contribution in [0.5, 0.6) is 0 Å². The molecule has 1 aliphatic heterocycles. The maximum Gasteiger partial charge on any atom is 0.230 e. The molecule has 1 amide bonds. The SMILES string of the molecule is NCCC(C(=O)N1Cc2[nH]nc(-c3cccnc3)c2C1)c1cccc(F)c1. The van der Waals surface area contributed by atoms with Crippen LogP contribution in [0.2, 0.25) is 0 Å². The van der Waals surface area contributed by atoms with Crippen molar-refractivity contribution in [2.75, 3.05) is 6.54 Å². The summed E-state index contributed by atoms with van der Waals surface area (Å²) in [6.45, 7) is 1.28. The van der Waals surface area contributed by atoms with Gasteiger partial charge in [0.2, 0.25) is 5.91 Å². The van der Waals surface area contributed by atoms with Crippen molar-refractivity contribution in [3.8, 4) is 11.3 Å². The maximum atomic E-state index is 13.6. The van der Waals surface area contributed by atoms with E-state index in [2.05, 4.69) is 15.2 Å². The van der Waals surface area contributed by atoms with Crippen LogP contribution in [-0.4, -0.2) is 32.5 Å². The highest BCUT2D eigenvalue weighted by Gasteiger charge is 2.33. The van der Waals surface area contributed by atoms with Crippen molar-refractivity contribution in [3.63, 3.8) is 0 Å². The first kappa shape index (κ1) is 17.4. The zero-order valence-corrected chi connectivity index (χ0v) is 14.7. The fourth-order valence-electron chi connectivity index (χ4n) is 3.58. The van der Waals surface area contributed by atoms with Crippen LogP contribution in [0.15, 0.2) is 48.8 Å². The fraction of sp³-hybridized carbons (Fsp3) is 0.250. The van der Waals surface area contributed by atoms with Crippen molar-refractivity contribution in [2.45, 2.75) is 25.4 Å². The minimum atomic E-state index is -0.454. The molecule has 0 spiro atoms. The number of aromatic amines is 1. The van der Waals surface area contributed by atoms with Crippen molar-refractivity contribution in [1.82, 2.24) is 20.1 Å². The van der Waals surface area contributed by atoms with Crippen molar-refractivity contribution < 1.29 is 9.18 Å². The molecule has 0 bridgehead atoms. The minimum absolute atomic E-state index is 0.0483. The summed E-state index contributed by atoms with van der Waals surface area (Å²) >= 11 is 0. The predicted octanol–water partition coefficient (Wildman–Crippen LogP) is 2.59. The summed E-state index contributed by atoms with van der Waals surface area (Å²) in [5.41, 5.74) is 10.0. The van der Waals surface area contributed by atoms with Gasteiger partial charge >= 0.3 is 0 Å². The van der Waals surface area contributed by atoms with E-state index in [9.17, 15) is 9.18 Å². The predicted molar refractivity (Wildman–Crippen MR) is 98.9 cm³/mol. The Labute approximate surface area is 156 Å². The Hall–Kier alpha value is -3.06. The van der Waals surface area contributed by atoms with Crippen molar-refractivity contribution in [3.05, 3.63) is 71.4 Å². The molecule has 1 unspecified atom stereocenters. The van der Waals surface area contributed by atoms with E-state index >= 15 is 0 Å². The monoisotopic (exact) mass is 365 g/mol. The van der Waals surface area contributed by atoms with Gasteiger partial charge in [-0.25, -0.2) is 4.39 Å². The molecule has 3 heterocycles. The number of rotatable bonds is 5. The second-order valence-corrected chi connectivity index (χ2v) is 6.65. The Kier molecular flexibility index (Phi) is 4.68. The number of halogens is 1. The number of carbonyl (C=O) groups is 1. The minimum Gasteiger partial charge on any atom is -0.332 e. The summed E-state index contributed by atoms with van der Waals surface area (Å²) in [5.74, 6) is -0.852. The first-order valence-corrected chi connectivity index (χ1v) is 8.88. The van der Waals surface area contributed by atoms with Gasteiger partial charge in [-0.15, -0.1) is 0 Å². The number of aromatic nitrogens is 3. The van der Waals surface area contributed by atoms with Crippen LogP contribution in [-0.2, 0) is 17.9 Å². The number of carbonyl (C=O) groups excluding carboxylic acids is 1. The molecule has 1 atom stereocenters. The van der Waals surface area contributed by atoms with E-state index in [1.807, 2.05) is 12.1 Å². The molecule has 0 radical (unpaired) electrons. The van der Waals surface area contributed by atoms with Gasteiger partial charge in [0.15, 0.2) is 0 Å². The number of benzene rings is 1. The number of pyridine rings is 1. The number of nitrogens with two attached hydrogens (primary N) is 1. The van der Waals surface area contributed by atoms with Crippen molar-refractivity contribution >= 4 is 5.91 Å². The number of H-pyrrole nitrogens is 1. The average Bonchev–Trinajstić information content (AvgIpc) is 3.27. The number of hydrogen-bond donors (Lipinski definition) is 2. The lowest BCUT2D eigenvalue weighted by atomic mass is 9.94. The van der Waals surface area contributed by atoms with Gasteiger partial charge in [-0.3, -0.25) is 14.9 Å². The number of fused-ring (bicyclic) bond motifs is 1. The normalized spacial score (nSPS) is 14.2. The van der Waals surface area contributed by atoms with Crippen LogP contribution in [0.25, 0.3) is 11.3 Å². The Morgan fingerprint density at radius 1 is 1.30 bits per heavy atom. The molecule has 1 aromatic carbocycles. The molecule has 7 heteroatoms. The van der Waals surface area contributed by atoms with Crippen LogP contribution in [0.3, 0.4) is 0 Å². The molecule has 0 saturated heterocycles. The number of nitrogens with zero attached hydrogens (tertiary/aromatic N) is 3. The fourth-order valence-corrected chi connectivity index (χ4v) is 3.58. The molecular formula is C20H20FN5O. The third-order valence-corrected chi connectivity index (χ3v) is 4.90. The zero-order valence-electron chi connectivity index (χ0n) is 14.7. The Bertz CT molecular complexity index is 956. The van der Waals surface area contributed by atoms with Gasteiger partial charge in [0.1, 0.15) is 5.82 Å². The topological polar surface area (TPSA) is 87.9 Å². The van der Waals surface area contributed by atoms with Crippen molar-refractivity contribution in [1.29, 1.82) is 0 Å². The van der Waals surface area contributed by atoms with Gasteiger partial charge in [-0.2, -0.15) is 5.10 Å². The third kappa shape index (κ3) is 3.33. The summed E-state index contributed by atoms with van der Waals surface area (Å²) in [6, 6.07) is 9.99. The molecular weight excluding hydrogens is 345 g/mol. The quantitative estimate of drug-likeness (QED) is 0.727. The van der Waals surface area contributed by atoms with E-state index < -0.39 is 5.92 Å². The standard InChI is InChI=1S/C20H20FN5O/c21-15-5-1-3-13(9-15)16(6-7-22)20(27)26-11-17-18(12-26)24-25-19(17)14-4-2-8-23-10-14/h1-5,8-10,16H,6-7,11-12,22H2,(H,24,25). The molecule has 4 rings (SSSR count). The van der Waals surface area contributed by atoms with Gasteiger partial charge in [0, 0.05) is 23.5 Å². The second kappa shape index (κ2) is 7.28. The molecule has 0 fully saturated rings. The highest BCUT2D eigenvalue weighted by atomic mass is 19.1. The van der Waals surface area contributed by atoms with E-state index in [-0.39, 0.29) is 11.7 Å². The molecule has 27 heavy (non-hydrogen) atoms. The van der Waals surface area contributed by atoms with Crippen LogP contribution in [0.1, 0.15) is 29.2 Å². The first-order valence-electron chi connectivity index (χ1n) is 8.88. The van der Waals surface area contributed by atoms with Crippen LogP contribution in [0.4, 0.5) is 4.39 Å². The van der Waals surface area contributed by atoms with E-state index in [0.717, 1.165) is 22.5 Å². The maximum absolute atomic E-state index is 13.6. The van der Waals surface area contributed by atoms with Gasteiger partial charge < -0.3 is 10.6 Å². The molecule has 1 aliphatic rings. The van der Waals surface area contributed by atoms with E-state index in [4.69, 9.17) is 5.73 Å². The zero-order chi connectivity index (χ0) is 18.8. The lowest BCUT2D eigenvalue weighted by Crippen LogP contribution is -2.32. The Morgan fingerprint density at radius 2 is 2.19 bits per heavy atom. The smallest absolute Gasteiger partial charge is 0.230 e. The van der Waals surface area contributed by atoms with E-state index in [1.54, 1.807) is 29.4 Å². The molecule has 2 aromatic heterocycles. The highest BCUT2D eigenvalue weighted by Crippen LogP contribution is 2.33. The summed E-state index contributed by atoms with van der Waals surface area (Å²) in [7, 11) is 0. The lowest BCUT2D eigenvalue weighted by Gasteiger charge is -2.23. The Morgan fingerprint density at radius 3 is 2.93 bits per heavy atom. The van der Waals surface area contributed by atoms with Crippen LogP contribution >= 0.6 is 0 Å². The average molecular weight is 365 g/mol. The van der Waals surface area contributed by atoms with E-state index in [0.29, 0.717) is 31.6 Å². The van der Waals surface area contributed by atoms with Crippen molar-refractivity contribution in [2.24, 2.45) is 5.73 Å². The van der Waals surface area contributed by atoms with Gasteiger partial charge in [-0.1, -0.05) is 12.1 Å². The largest absolute Gasteiger partial charge is 0.332 e. The van der Waals surface area contributed by atoms with Crippen LogP contribution in [0, 0.1) is 5.82 Å². The second-order valence-electron chi connectivity index (χ2n) is 6.65. The Balaban J connectivity index is 1.58. The summed E-state index contributed by atoms with van der Waals surface area (Å²) < 4.78 is 13.6. The van der Waals surface area contributed by atoms with Crippen LogP contribution < -0.4 is 5.73 Å². The molecule has 0 aliphatic carbocycles. The number of nitrogens with one attached hydrogen (secondary N) is 1. The molecule has 3 aromatic rings. The van der Waals surface area contributed by atoms with Gasteiger partial charge in [-0.05, 0) is 42.8 Å². The number of amides is 1. The third-order valence-electron chi connectivity index (χ3n) is 4.90. The summed E-state index contributed by atoms with van der Waals surface area (Å²) in [5, 5.41) is 7.41. The van der Waals surface area contributed by atoms with Gasteiger partial charge in [0.05, 0.1) is 30.4 Å². The molecule has 3 N–H and O–H groups in total. The molecule has 0 saturated carbocycles.